The highest BCUT2D eigenvalue weighted by molar-refractivity contribution is 5.85. The molecule has 6 nitrogen and oxygen atoms in total. The summed E-state index contributed by atoms with van der Waals surface area (Å²) in [5.41, 5.74) is 2.53. The van der Waals surface area contributed by atoms with Crippen molar-refractivity contribution in [3.05, 3.63) is 128 Å². The van der Waals surface area contributed by atoms with E-state index in [0.717, 1.165) is 28.9 Å². The van der Waals surface area contributed by atoms with Gasteiger partial charge in [0, 0.05) is 29.2 Å². The highest BCUT2D eigenvalue weighted by atomic mass is 16.5. The van der Waals surface area contributed by atoms with Gasteiger partial charge in [-0.15, -0.1) is 0 Å². The largest absolute Gasteiger partial charge is 0.457 e. The standard InChI is InChI=1S/C31H25NO5/c1-3-8-31(34)37-29-21-15-25(16-22-29)32(24-13-19-28(20-14-24)36-30(33)4-2)23-11-17-27(18-12-23)35-26-9-6-5-7-10-26/h3-22H,2H2,1H3/b8-3+. The van der Waals surface area contributed by atoms with Crippen molar-refractivity contribution in [2.75, 3.05) is 4.90 Å². The second-order valence-corrected chi connectivity index (χ2v) is 7.78. The van der Waals surface area contributed by atoms with E-state index in [1.807, 2.05) is 83.8 Å². The van der Waals surface area contributed by atoms with Gasteiger partial charge < -0.3 is 19.1 Å². The molecule has 4 rings (SSSR count). The van der Waals surface area contributed by atoms with E-state index in [9.17, 15) is 9.59 Å². The molecule has 0 unspecified atom stereocenters. The van der Waals surface area contributed by atoms with Crippen LogP contribution in [0.2, 0.25) is 0 Å². The van der Waals surface area contributed by atoms with E-state index in [2.05, 4.69) is 6.58 Å². The number of esters is 2. The van der Waals surface area contributed by atoms with Gasteiger partial charge in [0.05, 0.1) is 0 Å². The third-order valence-corrected chi connectivity index (χ3v) is 5.17. The Morgan fingerprint density at radius 1 is 0.622 bits per heavy atom. The van der Waals surface area contributed by atoms with Gasteiger partial charge in [-0.2, -0.15) is 0 Å². The van der Waals surface area contributed by atoms with Crippen LogP contribution in [0.4, 0.5) is 17.1 Å². The van der Waals surface area contributed by atoms with E-state index >= 15 is 0 Å². The molecule has 0 saturated heterocycles. The lowest BCUT2D eigenvalue weighted by atomic mass is 10.2. The minimum Gasteiger partial charge on any atom is -0.457 e. The van der Waals surface area contributed by atoms with Crippen LogP contribution in [0.1, 0.15) is 6.92 Å². The Morgan fingerprint density at radius 2 is 1.05 bits per heavy atom. The van der Waals surface area contributed by atoms with Gasteiger partial charge in [0.2, 0.25) is 0 Å². The Kier molecular flexibility index (Phi) is 8.14. The Bertz CT molecular complexity index is 1380. The normalized spacial score (nSPS) is 10.5. The van der Waals surface area contributed by atoms with E-state index in [0.29, 0.717) is 17.2 Å². The number of carbonyl (C=O) groups excluding carboxylic acids is 2. The molecule has 4 aromatic rings. The molecule has 184 valence electrons. The first kappa shape index (κ1) is 25.0. The third-order valence-electron chi connectivity index (χ3n) is 5.17. The van der Waals surface area contributed by atoms with Crippen LogP contribution in [0.15, 0.2) is 128 Å². The summed E-state index contributed by atoms with van der Waals surface area (Å²) in [6.07, 6.45) is 4.10. The smallest absolute Gasteiger partial charge is 0.335 e. The van der Waals surface area contributed by atoms with Gasteiger partial charge >= 0.3 is 11.9 Å². The zero-order valence-electron chi connectivity index (χ0n) is 20.2. The van der Waals surface area contributed by atoms with E-state index in [1.54, 1.807) is 37.3 Å². The minimum atomic E-state index is -0.526. The quantitative estimate of drug-likeness (QED) is 0.137. The molecule has 0 heterocycles. The molecule has 37 heavy (non-hydrogen) atoms. The van der Waals surface area contributed by atoms with Crippen molar-refractivity contribution in [2.45, 2.75) is 6.92 Å². The first-order valence-electron chi connectivity index (χ1n) is 11.6. The van der Waals surface area contributed by atoms with E-state index < -0.39 is 11.9 Å². The van der Waals surface area contributed by atoms with Gasteiger partial charge in [0.25, 0.3) is 0 Å². The summed E-state index contributed by atoms with van der Waals surface area (Å²) in [7, 11) is 0. The molecular weight excluding hydrogens is 466 g/mol. The van der Waals surface area contributed by atoms with Gasteiger partial charge in [0.1, 0.15) is 23.0 Å². The van der Waals surface area contributed by atoms with Gasteiger partial charge in [-0.3, -0.25) is 0 Å². The summed E-state index contributed by atoms with van der Waals surface area (Å²) in [6.45, 7) is 5.17. The van der Waals surface area contributed by atoms with Crippen LogP contribution in [-0.4, -0.2) is 11.9 Å². The van der Waals surface area contributed by atoms with Crippen molar-refractivity contribution < 1.29 is 23.8 Å². The maximum atomic E-state index is 11.8. The molecule has 0 fully saturated rings. The number of para-hydroxylation sites is 1. The summed E-state index contributed by atoms with van der Waals surface area (Å²) in [6, 6.07) is 31.5. The molecule has 4 aromatic carbocycles. The first-order valence-corrected chi connectivity index (χ1v) is 11.6. The van der Waals surface area contributed by atoms with Gasteiger partial charge in [0.15, 0.2) is 0 Å². The molecule has 0 radical (unpaired) electrons. The van der Waals surface area contributed by atoms with Crippen LogP contribution < -0.4 is 19.1 Å². The average molecular weight is 492 g/mol. The minimum absolute atomic E-state index is 0.409. The average Bonchev–Trinajstić information content (AvgIpc) is 2.92. The molecule has 0 aliphatic heterocycles. The fourth-order valence-electron chi connectivity index (χ4n) is 3.51. The van der Waals surface area contributed by atoms with Crippen LogP contribution in [-0.2, 0) is 9.59 Å². The zero-order valence-corrected chi connectivity index (χ0v) is 20.2. The number of rotatable bonds is 9. The van der Waals surface area contributed by atoms with E-state index in [1.165, 1.54) is 6.08 Å². The van der Waals surface area contributed by atoms with Crippen molar-refractivity contribution in [1.29, 1.82) is 0 Å². The van der Waals surface area contributed by atoms with Crippen LogP contribution in [0.5, 0.6) is 23.0 Å². The highest BCUT2D eigenvalue weighted by Crippen LogP contribution is 2.37. The molecule has 6 heteroatoms. The number of benzene rings is 4. The van der Waals surface area contributed by atoms with E-state index in [-0.39, 0.29) is 0 Å². The van der Waals surface area contributed by atoms with E-state index in [4.69, 9.17) is 14.2 Å². The number of ether oxygens (including phenoxy) is 3. The first-order chi connectivity index (χ1) is 18.1. The summed E-state index contributed by atoms with van der Waals surface area (Å²) >= 11 is 0. The maximum Gasteiger partial charge on any atom is 0.335 e. The fourth-order valence-corrected chi connectivity index (χ4v) is 3.51. The summed E-state index contributed by atoms with van der Waals surface area (Å²) in [5.74, 6) is 1.33. The lowest BCUT2D eigenvalue weighted by Gasteiger charge is -2.26. The Balaban J connectivity index is 1.64. The second kappa shape index (κ2) is 12.0. The third kappa shape index (κ3) is 6.74. The molecule has 0 spiro atoms. The predicted molar refractivity (Wildman–Crippen MR) is 144 cm³/mol. The Hall–Kier alpha value is -5.10. The number of hydrogen-bond acceptors (Lipinski definition) is 6. The second-order valence-electron chi connectivity index (χ2n) is 7.78. The van der Waals surface area contributed by atoms with Crippen molar-refractivity contribution in [3.63, 3.8) is 0 Å². The molecule has 0 amide bonds. The van der Waals surface area contributed by atoms with Crippen LogP contribution >= 0.6 is 0 Å². The Morgan fingerprint density at radius 3 is 1.51 bits per heavy atom. The lowest BCUT2D eigenvalue weighted by Crippen LogP contribution is -2.10. The number of hydrogen-bond donors (Lipinski definition) is 0. The van der Waals surface area contributed by atoms with Crippen molar-refractivity contribution >= 4 is 29.0 Å². The number of carbonyl (C=O) groups is 2. The van der Waals surface area contributed by atoms with Crippen LogP contribution in [0.3, 0.4) is 0 Å². The number of nitrogens with zero attached hydrogens (tertiary/aromatic N) is 1. The topological polar surface area (TPSA) is 65.1 Å². The molecule has 0 atom stereocenters. The fraction of sp³-hybridized carbons (Fsp3) is 0.0323. The highest BCUT2D eigenvalue weighted by Gasteiger charge is 2.14. The number of anilines is 3. The number of allylic oxidation sites excluding steroid dienone is 1. The van der Waals surface area contributed by atoms with Gasteiger partial charge in [-0.1, -0.05) is 30.9 Å². The van der Waals surface area contributed by atoms with Gasteiger partial charge in [-0.05, 0) is 91.9 Å². The summed E-state index contributed by atoms with van der Waals surface area (Å²) in [4.78, 5) is 25.4. The molecule has 0 saturated carbocycles. The van der Waals surface area contributed by atoms with Crippen LogP contribution in [0.25, 0.3) is 0 Å². The Labute approximate surface area is 215 Å². The maximum absolute atomic E-state index is 11.8. The van der Waals surface area contributed by atoms with Crippen molar-refractivity contribution in [1.82, 2.24) is 0 Å². The zero-order chi connectivity index (χ0) is 26.0. The van der Waals surface area contributed by atoms with Crippen LogP contribution in [0, 0.1) is 0 Å². The SMILES string of the molecule is C=CC(=O)Oc1ccc(N(c2ccc(OC(=O)/C=C/C)cc2)c2ccc(Oc3ccccc3)cc2)cc1. The monoisotopic (exact) mass is 491 g/mol. The van der Waals surface area contributed by atoms with Crippen molar-refractivity contribution in [2.24, 2.45) is 0 Å². The molecule has 0 bridgehead atoms. The molecule has 0 N–H and O–H groups in total. The summed E-state index contributed by atoms with van der Waals surface area (Å²) < 4.78 is 16.5. The molecular formula is C31H25NO5. The molecule has 0 aliphatic carbocycles. The predicted octanol–water partition coefficient (Wildman–Crippen LogP) is 7.52. The lowest BCUT2D eigenvalue weighted by molar-refractivity contribution is -0.129. The molecule has 0 aromatic heterocycles. The van der Waals surface area contributed by atoms with Gasteiger partial charge in [-0.25, -0.2) is 9.59 Å². The molecule has 0 aliphatic rings. The van der Waals surface area contributed by atoms with Crippen molar-refractivity contribution in [3.8, 4) is 23.0 Å². The summed E-state index contributed by atoms with van der Waals surface area (Å²) in [5, 5.41) is 0.